The second-order valence-electron chi connectivity index (χ2n) is 5.81. The molecule has 0 saturated heterocycles. The molecule has 1 aromatic heterocycles. The Morgan fingerprint density at radius 1 is 1.08 bits per heavy atom. The molecule has 0 unspecified atom stereocenters. The van der Waals surface area contributed by atoms with Crippen LogP contribution in [0.5, 0.6) is 5.75 Å². The molecule has 0 aliphatic heterocycles. The molecular weight excluding hydrogens is 324 g/mol. The molecule has 2 N–H and O–H groups in total. The van der Waals surface area contributed by atoms with Crippen molar-refractivity contribution in [3.63, 3.8) is 0 Å². The Morgan fingerprint density at radius 3 is 2.62 bits per heavy atom. The van der Waals surface area contributed by atoms with Gasteiger partial charge in [-0.1, -0.05) is 6.07 Å². The third-order valence-corrected chi connectivity index (χ3v) is 5.61. The molecule has 0 aliphatic rings. The van der Waals surface area contributed by atoms with Crippen LogP contribution in [-0.4, -0.2) is 20.5 Å². The number of nitrogens with one attached hydrogen (secondary N) is 2. The minimum Gasteiger partial charge on any atom is -0.496 e. The van der Waals surface area contributed by atoms with Gasteiger partial charge in [0.25, 0.3) is 0 Å². The summed E-state index contributed by atoms with van der Waals surface area (Å²) in [6.07, 6.45) is 1.86. The highest BCUT2D eigenvalue weighted by Crippen LogP contribution is 2.25. The summed E-state index contributed by atoms with van der Waals surface area (Å²) in [6, 6.07) is 11.2. The van der Waals surface area contributed by atoms with Crippen molar-refractivity contribution in [3.05, 3.63) is 59.3 Å². The molecule has 6 heteroatoms. The van der Waals surface area contributed by atoms with Crippen molar-refractivity contribution in [2.24, 2.45) is 0 Å². The lowest BCUT2D eigenvalue weighted by molar-refractivity contribution is 0.411. The van der Waals surface area contributed by atoms with Crippen LogP contribution in [0.2, 0.25) is 0 Å². The third-order valence-electron chi connectivity index (χ3n) is 4.07. The van der Waals surface area contributed by atoms with Crippen LogP contribution in [0.3, 0.4) is 0 Å². The summed E-state index contributed by atoms with van der Waals surface area (Å²) in [4.78, 5) is 3.40. The number of sulfonamides is 1. The van der Waals surface area contributed by atoms with E-state index in [9.17, 15) is 8.42 Å². The zero-order chi connectivity index (χ0) is 17.3. The lowest BCUT2D eigenvalue weighted by Crippen LogP contribution is -2.24. The Hall–Kier alpha value is -2.31. The molecule has 3 rings (SSSR count). The second kappa shape index (κ2) is 6.30. The van der Waals surface area contributed by atoms with Crippen molar-refractivity contribution in [2.75, 3.05) is 7.11 Å². The Labute approximate surface area is 141 Å². The normalized spacial score (nSPS) is 11.8. The fourth-order valence-electron chi connectivity index (χ4n) is 2.74. The van der Waals surface area contributed by atoms with E-state index >= 15 is 0 Å². The highest BCUT2D eigenvalue weighted by atomic mass is 32.2. The molecule has 5 nitrogen and oxygen atoms in total. The van der Waals surface area contributed by atoms with E-state index < -0.39 is 10.0 Å². The van der Waals surface area contributed by atoms with Crippen LogP contribution in [0, 0.1) is 13.8 Å². The van der Waals surface area contributed by atoms with Crippen molar-refractivity contribution in [1.29, 1.82) is 0 Å². The molecule has 0 bridgehead atoms. The van der Waals surface area contributed by atoms with Crippen LogP contribution in [0.1, 0.15) is 16.7 Å². The number of fused-ring (bicyclic) bond motifs is 1. The summed E-state index contributed by atoms with van der Waals surface area (Å²) < 4.78 is 33.2. The van der Waals surface area contributed by atoms with Crippen molar-refractivity contribution in [2.45, 2.75) is 25.3 Å². The highest BCUT2D eigenvalue weighted by Gasteiger charge is 2.18. The Kier molecular flexibility index (Phi) is 4.34. The predicted octanol–water partition coefficient (Wildman–Crippen LogP) is 3.27. The largest absolute Gasteiger partial charge is 0.496 e. The standard InChI is InChI=1S/C18H20N2O3S/c1-12-9-18(13(2)8-17(12)23-3)24(21,22)20-11-14-4-5-16-15(10-14)6-7-19-16/h4-10,19-20H,11H2,1-3H3. The number of hydrogen-bond acceptors (Lipinski definition) is 3. The summed E-state index contributed by atoms with van der Waals surface area (Å²) in [5.41, 5.74) is 3.39. The van der Waals surface area contributed by atoms with Crippen LogP contribution < -0.4 is 9.46 Å². The average Bonchev–Trinajstić information content (AvgIpc) is 3.02. The maximum absolute atomic E-state index is 12.6. The van der Waals surface area contributed by atoms with Gasteiger partial charge in [-0.05, 0) is 66.3 Å². The molecule has 24 heavy (non-hydrogen) atoms. The molecule has 0 radical (unpaired) electrons. The fraction of sp³-hybridized carbons (Fsp3) is 0.222. The molecule has 1 heterocycles. The van der Waals surface area contributed by atoms with Crippen molar-refractivity contribution in [1.82, 2.24) is 9.71 Å². The zero-order valence-corrected chi connectivity index (χ0v) is 14.7. The van der Waals surface area contributed by atoms with Crippen LogP contribution in [0.25, 0.3) is 10.9 Å². The number of ether oxygens (including phenoxy) is 1. The molecule has 0 saturated carbocycles. The molecule has 0 aliphatic carbocycles. The molecule has 0 spiro atoms. The fourth-order valence-corrected chi connectivity index (χ4v) is 4.07. The third kappa shape index (κ3) is 3.16. The first kappa shape index (κ1) is 16.5. The highest BCUT2D eigenvalue weighted by molar-refractivity contribution is 7.89. The predicted molar refractivity (Wildman–Crippen MR) is 94.8 cm³/mol. The van der Waals surface area contributed by atoms with E-state index in [1.807, 2.05) is 37.4 Å². The molecule has 0 atom stereocenters. The Bertz CT molecular complexity index is 991. The van der Waals surface area contributed by atoms with E-state index in [1.165, 1.54) is 0 Å². The van der Waals surface area contributed by atoms with Crippen molar-refractivity contribution >= 4 is 20.9 Å². The van der Waals surface area contributed by atoms with Gasteiger partial charge >= 0.3 is 0 Å². The first-order valence-electron chi connectivity index (χ1n) is 7.61. The van der Waals surface area contributed by atoms with Crippen LogP contribution in [0.4, 0.5) is 0 Å². The quantitative estimate of drug-likeness (QED) is 0.746. The van der Waals surface area contributed by atoms with Gasteiger partial charge in [-0.3, -0.25) is 0 Å². The van der Waals surface area contributed by atoms with Crippen molar-refractivity contribution < 1.29 is 13.2 Å². The van der Waals surface area contributed by atoms with E-state index in [-0.39, 0.29) is 11.4 Å². The Balaban J connectivity index is 1.84. The van der Waals surface area contributed by atoms with Crippen LogP contribution in [0.15, 0.2) is 47.5 Å². The number of aryl methyl sites for hydroxylation is 2. The van der Waals surface area contributed by atoms with E-state index in [0.717, 1.165) is 22.0 Å². The smallest absolute Gasteiger partial charge is 0.241 e. The topological polar surface area (TPSA) is 71.2 Å². The summed E-state index contributed by atoms with van der Waals surface area (Å²) in [5, 5.41) is 1.06. The van der Waals surface area contributed by atoms with Gasteiger partial charge in [0.05, 0.1) is 12.0 Å². The van der Waals surface area contributed by atoms with Gasteiger partial charge in [-0.25, -0.2) is 13.1 Å². The number of aromatic nitrogens is 1. The van der Waals surface area contributed by atoms with Gasteiger partial charge in [0.2, 0.25) is 10.0 Å². The van der Waals surface area contributed by atoms with E-state index in [1.54, 1.807) is 26.2 Å². The van der Waals surface area contributed by atoms with Gasteiger partial charge in [0.15, 0.2) is 0 Å². The number of H-pyrrole nitrogens is 1. The van der Waals surface area contributed by atoms with Gasteiger partial charge in [-0.2, -0.15) is 0 Å². The summed E-state index contributed by atoms with van der Waals surface area (Å²) in [6.45, 7) is 3.84. The minimum absolute atomic E-state index is 0.244. The van der Waals surface area contributed by atoms with Gasteiger partial charge in [0.1, 0.15) is 5.75 Å². The number of benzene rings is 2. The lowest BCUT2D eigenvalue weighted by atomic mass is 10.1. The molecule has 0 amide bonds. The maximum atomic E-state index is 12.6. The zero-order valence-electron chi connectivity index (χ0n) is 13.9. The molecule has 2 aromatic carbocycles. The van der Waals surface area contributed by atoms with Crippen molar-refractivity contribution in [3.8, 4) is 5.75 Å². The average molecular weight is 344 g/mol. The number of methoxy groups -OCH3 is 1. The maximum Gasteiger partial charge on any atom is 0.241 e. The second-order valence-corrected chi connectivity index (χ2v) is 7.55. The molecular formula is C18H20N2O3S. The van der Waals surface area contributed by atoms with Gasteiger partial charge in [-0.15, -0.1) is 0 Å². The Morgan fingerprint density at radius 2 is 1.88 bits per heavy atom. The van der Waals surface area contributed by atoms with E-state index in [2.05, 4.69) is 9.71 Å². The lowest BCUT2D eigenvalue weighted by Gasteiger charge is -2.13. The van der Waals surface area contributed by atoms with Crippen LogP contribution in [-0.2, 0) is 16.6 Å². The molecule has 3 aromatic rings. The van der Waals surface area contributed by atoms with E-state index in [0.29, 0.717) is 11.3 Å². The first-order chi connectivity index (χ1) is 11.4. The molecule has 126 valence electrons. The number of aromatic amines is 1. The van der Waals surface area contributed by atoms with E-state index in [4.69, 9.17) is 4.74 Å². The summed E-state index contributed by atoms with van der Waals surface area (Å²) in [7, 11) is -2.02. The summed E-state index contributed by atoms with van der Waals surface area (Å²) >= 11 is 0. The molecule has 0 fully saturated rings. The number of rotatable bonds is 5. The van der Waals surface area contributed by atoms with Gasteiger partial charge < -0.3 is 9.72 Å². The first-order valence-corrected chi connectivity index (χ1v) is 9.10. The summed E-state index contributed by atoms with van der Waals surface area (Å²) in [5.74, 6) is 0.685. The van der Waals surface area contributed by atoms with Gasteiger partial charge in [0, 0.05) is 18.3 Å². The SMILES string of the molecule is COc1cc(C)c(S(=O)(=O)NCc2ccc3[nH]ccc3c2)cc1C. The monoisotopic (exact) mass is 344 g/mol. The van der Waals surface area contributed by atoms with Crippen LogP contribution >= 0.6 is 0 Å². The minimum atomic E-state index is -3.59. The number of hydrogen-bond donors (Lipinski definition) is 2.